The zero-order valence-corrected chi connectivity index (χ0v) is 14.2. The van der Waals surface area contributed by atoms with E-state index >= 15 is 0 Å². The monoisotopic (exact) mass is 320 g/mol. The highest BCUT2D eigenvalue weighted by atomic mass is 32.2. The van der Waals surface area contributed by atoms with E-state index in [0.29, 0.717) is 18.7 Å². The maximum atomic E-state index is 9.35. The van der Waals surface area contributed by atoms with Crippen LogP contribution in [0.2, 0.25) is 0 Å². The first-order chi connectivity index (χ1) is 10.9. The maximum absolute atomic E-state index is 9.35. The van der Waals surface area contributed by atoms with E-state index < -0.39 is 0 Å². The molecule has 0 radical (unpaired) electrons. The van der Waals surface area contributed by atoms with Crippen molar-refractivity contribution in [3.8, 4) is 0 Å². The smallest absolute Gasteiger partial charge is 0.0586 e. The van der Waals surface area contributed by atoms with Crippen LogP contribution in [0.3, 0.4) is 0 Å². The predicted molar refractivity (Wildman–Crippen MR) is 93.4 cm³/mol. The molecule has 1 aromatic rings. The van der Waals surface area contributed by atoms with Gasteiger partial charge in [-0.1, -0.05) is 18.2 Å². The summed E-state index contributed by atoms with van der Waals surface area (Å²) >= 11 is 1.99. The Balaban J connectivity index is 1.37. The fraction of sp³-hybridized carbons (Fsp3) is 0.667. The molecule has 22 heavy (non-hydrogen) atoms. The Hall–Kier alpha value is -0.550. The largest absolute Gasteiger partial charge is 0.395 e. The Kier molecular flexibility index (Phi) is 6.19. The Bertz CT molecular complexity index is 468. The van der Waals surface area contributed by atoms with Crippen LogP contribution in [0.1, 0.15) is 43.7 Å². The quantitative estimate of drug-likeness (QED) is 0.757. The number of unbranched alkanes of at least 4 members (excludes halogenated alkanes) is 1. The van der Waals surface area contributed by atoms with Crippen molar-refractivity contribution in [3.05, 3.63) is 29.8 Å². The lowest BCUT2D eigenvalue weighted by Gasteiger charge is -2.26. The van der Waals surface area contributed by atoms with Crippen LogP contribution in [0.15, 0.2) is 29.2 Å². The number of thioether (sulfide) groups is 1. The number of nitrogens with one attached hydrogen (secondary N) is 1. The van der Waals surface area contributed by atoms with E-state index in [1.807, 2.05) is 11.8 Å². The predicted octanol–water partition coefficient (Wildman–Crippen LogP) is 3.05. The van der Waals surface area contributed by atoms with Crippen molar-refractivity contribution in [1.29, 1.82) is 0 Å². The molecule has 122 valence electrons. The van der Waals surface area contributed by atoms with Gasteiger partial charge in [0.1, 0.15) is 0 Å². The number of rotatable bonds is 7. The average Bonchev–Trinajstić information content (AvgIpc) is 3.02. The molecule has 2 aliphatic heterocycles. The Morgan fingerprint density at radius 1 is 1.23 bits per heavy atom. The van der Waals surface area contributed by atoms with Crippen LogP contribution in [0, 0.1) is 0 Å². The Morgan fingerprint density at radius 2 is 2.14 bits per heavy atom. The number of nitrogens with zero attached hydrogens (tertiary/aromatic N) is 1. The van der Waals surface area contributed by atoms with Gasteiger partial charge in [-0.05, 0) is 69.1 Å². The molecule has 2 heterocycles. The fourth-order valence-electron chi connectivity index (χ4n) is 3.67. The van der Waals surface area contributed by atoms with Crippen molar-refractivity contribution >= 4 is 11.8 Å². The average molecular weight is 321 g/mol. The number of hydrogen-bond acceptors (Lipinski definition) is 4. The summed E-state index contributed by atoms with van der Waals surface area (Å²) in [6, 6.07) is 9.78. The number of hydrogen-bond donors (Lipinski definition) is 2. The van der Waals surface area contributed by atoms with Gasteiger partial charge in [-0.25, -0.2) is 0 Å². The number of aliphatic hydroxyl groups is 1. The molecule has 0 bridgehead atoms. The second-order valence-corrected chi connectivity index (χ2v) is 7.54. The molecule has 1 aromatic carbocycles. The first-order valence-corrected chi connectivity index (χ1v) is 9.67. The summed E-state index contributed by atoms with van der Waals surface area (Å²) in [6.07, 6.45) is 6.11. The molecule has 1 saturated heterocycles. The van der Waals surface area contributed by atoms with Crippen LogP contribution in [0.25, 0.3) is 0 Å². The van der Waals surface area contributed by atoms with Crippen molar-refractivity contribution < 1.29 is 5.11 Å². The van der Waals surface area contributed by atoms with Crippen molar-refractivity contribution in [3.63, 3.8) is 0 Å². The summed E-state index contributed by atoms with van der Waals surface area (Å²) in [7, 11) is 0. The van der Waals surface area contributed by atoms with Crippen LogP contribution >= 0.6 is 11.8 Å². The molecule has 2 N–H and O–H groups in total. The molecule has 2 aliphatic rings. The van der Waals surface area contributed by atoms with E-state index in [1.54, 1.807) is 0 Å². The molecule has 4 heteroatoms. The molecule has 0 saturated carbocycles. The van der Waals surface area contributed by atoms with Gasteiger partial charge < -0.3 is 10.4 Å². The summed E-state index contributed by atoms with van der Waals surface area (Å²) in [5.41, 5.74) is 1.48. The molecular formula is C18H28N2OS. The Morgan fingerprint density at radius 3 is 3.05 bits per heavy atom. The normalized spacial score (nSPS) is 25.3. The first-order valence-electron chi connectivity index (χ1n) is 8.68. The zero-order chi connectivity index (χ0) is 15.2. The molecule has 2 atom stereocenters. The van der Waals surface area contributed by atoms with Crippen molar-refractivity contribution in [1.82, 2.24) is 10.2 Å². The van der Waals surface area contributed by atoms with E-state index in [0.717, 1.165) is 13.1 Å². The first kappa shape index (κ1) is 16.3. The van der Waals surface area contributed by atoms with E-state index in [4.69, 9.17) is 0 Å². The van der Waals surface area contributed by atoms with Gasteiger partial charge in [0.2, 0.25) is 0 Å². The van der Waals surface area contributed by atoms with Gasteiger partial charge in [0, 0.05) is 17.0 Å². The number of fused-ring (bicyclic) bond motifs is 1. The van der Waals surface area contributed by atoms with Gasteiger partial charge in [0.15, 0.2) is 0 Å². The molecular weight excluding hydrogens is 292 g/mol. The molecule has 0 aliphatic carbocycles. The van der Waals surface area contributed by atoms with Crippen LogP contribution in [-0.4, -0.2) is 48.0 Å². The molecule has 1 fully saturated rings. The summed E-state index contributed by atoms with van der Waals surface area (Å²) in [4.78, 5) is 3.92. The standard InChI is InChI=1S/C18H28N2OS/c21-14-15-6-5-12-20(15)11-4-3-10-19-17-9-13-22-18-8-2-1-7-16(17)18/h1-2,7-8,15,17,19,21H,3-6,9-14H2. The van der Waals surface area contributed by atoms with Crippen LogP contribution in [0.5, 0.6) is 0 Å². The third-order valence-corrected chi connectivity index (χ3v) is 6.05. The summed E-state index contributed by atoms with van der Waals surface area (Å²) in [6.45, 7) is 3.74. The van der Waals surface area contributed by atoms with E-state index in [-0.39, 0.29) is 0 Å². The number of benzene rings is 1. The minimum absolute atomic E-state index is 0.328. The zero-order valence-electron chi connectivity index (χ0n) is 13.3. The third kappa shape index (κ3) is 4.05. The second-order valence-electron chi connectivity index (χ2n) is 6.40. The van der Waals surface area contributed by atoms with Gasteiger partial charge in [0.25, 0.3) is 0 Å². The minimum atomic E-state index is 0.328. The Labute approximate surface area is 138 Å². The van der Waals surface area contributed by atoms with Crippen molar-refractivity contribution in [2.75, 3.05) is 32.0 Å². The number of aliphatic hydroxyl groups excluding tert-OH is 1. The van der Waals surface area contributed by atoms with Crippen LogP contribution < -0.4 is 5.32 Å². The highest BCUT2D eigenvalue weighted by Gasteiger charge is 2.23. The van der Waals surface area contributed by atoms with Gasteiger partial charge in [-0.15, -0.1) is 11.8 Å². The maximum Gasteiger partial charge on any atom is 0.0586 e. The fourth-order valence-corrected chi connectivity index (χ4v) is 4.79. The van der Waals surface area contributed by atoms with Gasteiger partial charge >= 0.3 is 0 Å². The van der Waals surface area contributed by atoms with Crippen molar-refractivity contribution in [2.24, 2.45) is 0 Å². The third-order valence-electron chi connectivity index (χ3n) is 4.93. The summed E-state index contributed by atoms with van der Waals surface area (Å²) in [5.74, 6) is 1.22. The lowest BCUT2D eigenvalue weighted by Crippen LogP contribution is -2.33. The van der Waals surface area contributed by atoms with Gasteiger partial charge in [-0.2, -0.15) is 0 Å². The molecule has 2 unspecified atom stereocenters. The van der Waals surface area contributed by atoms with E-state index in [9.17, 15) is 5.11 Å². The minimum Gasteiger partial charge on any atom is -0.395 e. The topological polar surface area (TPSA) is 35.5 Å². The second kappa shape index (κ2) is 8.34. The summed E-state index contributed by atoms with van der Waals surface area (Å²) in [5, 5.41) is 13.1. The molecule has 0 amide bonds. The van der Waals surface area contributed by atoms with Crippen LogP contribution in [0.4, 0.5) is 0 Å². The highest BCUT2D eigenvalue weighted by molar-refractivity contribution is 7.99. The SMILES string of the molecule is OCC1CCCN1CCCCNC1CCSc2ccccc21. The molecule has 3 rings (SSSR count). The molecule has 0 spiro atoms. The molecule has 3 nitrogen and oxygen atoms in total. The highest BCUT2D eigenvalue weighted by Crippen LogP contribution is 2.35. The van der Waals surface area contributed by atoms with E-state index in [1.165, 1.54) is 54.9 Å². The van der Waals surface area contributed by atoms with Gasteiger partial charge in [-0.3, -0.25) is 4.90 Å². The van der Waals surface area contributed by atoms with Crippen LogP contribution in [-0.2, 0) is 0 Å². The lowest BCUT2D eigenvalue weighted by atomic mass is 10.0. The van der Waals surface area contributed by atoms with Crippen molar-refractivity contribution in [2.45, 2.75) is 49.1 Å². The van der Waals surface area contributed by atoms with Gasteiger partial charge in [0.05, 0.1) is 6.61 Å². The van der Waals surface area contributed by atoms with E-state index in [2.05, 4.69) is 34.5 Å². The lowest BCUT2D eigenvalue weighted by molar-refractivity contribution is 0.157. The molecule has 0 aromatic heterocycles. The number of likely N-dealkylation sites (tertiary alicyclic amines) is 1. The summed E-state index contributed by atoms with van der Waals surface area (Å²) < 4.78 is 0.